The van der Waals surface area contributed by atoms with Crippen LogP contribution >= 0.6 is 23.2 Å². The maximum atomic E-state index is 12.1. The van der Waals surface area contributed by atoms with Crippen LogP contribution in [0.15, 0.2) is 6.07 Å². The number of H-pyrrole nitrogens is 1. The fourth-order valence-electron chi connectivity index (χ4n) is 2.01. The minimum atomic E-state index is -0.0903. The first-order valence-electron chi connectivity index (χ1n) is 5.78. The molecular formula is C11H15Cl2N3O2. The molecule has 2 heterocycles. The van der Waals surface area contributed by atoms with Crippen molar-refractivity contribution >= 4 is 29.1 Å². The Morgan fingerprint density at radius 3 is 2.50 bits per heavy atom. The lowest BCUT2D eigenvalue weighted by Gasteiger charge is -2.34. The Kier molecular flexibility index (Phi) is 4.50. The Hall–Kier alpha value is -0.750. The molecule has 0 aliphatic carbocycles. The standard InChI is InChI=1S/C11H15Cl2N3O2/c12-8-7-9(14-10(8)13)11(18)16-3-1-15(2-4-16)5-6-17/h7,14,17H,1-6H2. The number of nitrogens with zero attached hydrogens (tertiary/aromatic N) is 2. The monoisotopic (exact) mass is 291 g/mol. The minimum absolute atomic E-state index is 0.0903. The molecule has 0 bridgehead atoms. The van der Waals surface area contributed by atoms with Crippen molar-refractivity contribution in [3.8, 4) is 0 Å². The van der Waals surface area contributed by atoms with Gasteiger partial charge in [0.25, 0.3) is 5.91 Å². The first-order valence-corrected chi connectivity index (χ1v) is 6.54. The third kappa shape index (κ3) is 2.98. The average molecular weight is 292 g/mol. The molecule has 0 radical (unpaired) electrons. The van der Waals surface area contributed by atoms with E-state index in [0.717, 1.165) is 13.1 Å². The molecule has 7 heteroatoms. The fraction of sp³-hybridized carbons (Fsp3) is 0.545. The largest absolute Gasteiger partial charge is 0.395 e. The van der Waals surface area contributed by atoms with E-state index >= 15 is 0 Å². The van der Waals surface area contributed by atoms with Gasteiger partial charge in [-0.3, -0.25) is 9.69 Å². The summed E-state index contributed by atoms with van der Waals surface area (Å²) in [6, 6.07) is 1.55. The number of β-amino-alcohol motifs (C(OH)–C–C–N with tert-alkyl or cyclic N) is 1. The van der Waals surface area contributed by atoms with Gasteiger partial charge in [-0.05, 0) is 6.07 Å². The quantitative estimate of drug-likeness (QED) is 0.876. The number of piperazine rings is 1. The van der Waals surface area contributed by atoms with Gasteiger partial charge >= 0.3 is 0 Å². The number of aliphatic hydroxyl groups excluding tert-OH is 1. The van der Waals surface area contributed by atoms with Gasteiger partial charge in [0.15, 0.2) is 0 Å². The van der Waals surface area contributed by atoms with Gasteiger partial charge in [0.1, 0.15) is 10.8 Å². The first kappa shape index (κ1) is 13.7. The molecule has 2 rings (SSSR count). The molecule has 0 atom stereocenters. The molecule has 1 aromatic heterocycles. The average Bonchev–Trinajstić information content (AvgIpc) is 2.70. The topological polar surface area (TPSA) is 59.6 Å². The number of rotatable bonds is 3. The van der Waals surface area contributed by atoms with Gasteiger partial charge in [-0.25, -0.2) is 0 Å². The molecule has 1 aliphatic heterocycles. The molecule has 0 unspecified atom stereocenters. The predicted octanol–water partition coefficient (Wildman–Crippen LogP) is 1.07. The van der Waals surface area contributed by atoms with Crippen molar-refractivity contribution in [2.45, 2.75) is 0 Å². The summed E-state index contributed by atoms with van der Waals surface area (Å²) in [6.07, 6.45) is 0. The Bertz CT molecular complexity index is 408. The highest BCUT2D eigenvalue weighted by molar-refractivity contribution is 6.41. The third-order valence-electron chi connectivity index (χ3n) is 3.03. The molecule has 1 aliphatic rings. The summed E-state index contributed by atoms with van der Waals surface area (Å²) >= 11 is 11.6. The summed E-state index contributed by atoms with van der Waals surface area (Å²) in [5.74, 6) is -0.0903. The first-order chi connectivity index (χ1) is 8.61. The summed E-state index contributed by atoms with van der Waals surface area (Å²) in [5.41, 5.74) is 0.417. The second-order valence-corrected chi connectivity index (χ2v) is 4.99. The summed E-state index contributed by atoms with van der Waals surface area (Å²) < 4.78 is 0. The van der Waals surface area contributed by atoms with Crippen LogP contribution in [0.25, 0.3) is 0 Å². The van der Waals surface area contributed by atoms with Crippen molar-refractivity contribution in [2.24, 2.45) is 0 Å². The number of hydrogen-bond acceptors (Lipinski definition) is 3. The molecule has 0 aromatic carbocycles. The number of amides is 1. The van der Waals surface area contributed by atoms with Crippen molar-refractivity contribution in [3.05, 3.63) is 21.9 Å². The van der Waals surface area contributed by atoms with Crippen molar-refractivity contribution in [1.82, 2.24) is 14.8 Å². The van der Waals surface area contributed by atoms with E-state index in [1.165, 1.54) is 0 Å². The van der Waals surface area contributed by atoms with Crippen LogP contribution in [-0.4, -0.2) is 65.1 Å². The number of aromatic nitrogens is 1. The molecule has 5 nitrogen and oxygen atoms in total. The van der Waals surface area contributed by atoms with E-state index in [0.29, 0.717) is 35.5 Å². The molecule has 1 saturated heterocycles. The Labute approximate surface area is 115 Å². The summed E-state index contributed by atoms with van der Waals surface area (Å²) in [4.78, 5) is 18.8. The van der Waals surface area contributed by atoms with Crippen molar-refractivity contribution in [2.75, 3.05) is 39.3 Å². The maximum absolute atomic E-state index is 12.1. The van der Waals surface area contributed by atoms with E-state index in [-0.39, 0.29) is 12.5 Å². The van der Waals surface area contributed by atoms with Gasteiger partial charge in [-0.15, -0.1) is 0 Å². The lowest BCUT2D eigenvalue weighted by atomic mass is 10.3. The van der Waals surface area contributed by atoms with Crippen LogP contribution in [0.4, 0.5) is 0 Å². The van der Waals surface area contributed by atoms with Crippen LogP contribution in [0.1, 0.15) is 10.5 Å². The SMILES string of the molecule is O=C(c1cc(Cl)c(Cl)[nH]1)N1CCN(CCO)CC1. The molecular weight excluding hydrogens is 277 g/mol. The van der Waals surface area contributed by atoms with E-state index in [2.05, 4.69) is 9.88 Å². The second-order valence-electron chi connectivity index (χ2n) is 4.20. The number of aromatic amines is 1. The van der Waals surface area contributed by atoms with Crippen molar-refractivity contribution in [3.63, 3.8) is 0 Å². The highest BCUT2D eigenvalue weighted by atomic mass is 35.5. The summed E-state index contributed by atoms with van der Waals surface area (Å²) in [7, 11) is 0. The smallest absolute Gasteiger partial charge is 0.270 e. The summed E-state index contributed by atoms with van der Waals surface area (Å²) in [6.45, 7) is 3.64. The van der Waals surface area contributed by atoms with Gasteiger partial charge < -0.3 is 15.0 Å². The molecule has 0 spiro atoms. The number of carbonyl (C=O) groups is 1. The third-order valence-corrected chi connectivity index (χ3v) is 3.72. The minimum Gasteiger partial charge on any atom is -0.395 e. The van der Waals surface area contributed by atoms with Crippen LogP contribution in [-0.2, 0) is 0 Å². The van der Waals surface area contributed by atoms with Crippen molar-refractivity contribution in [1.29, 1.82) is 0 Å². The maximum Gasteiger partial charge on any atom is 0.270 e. The molecule has 2 N–H and O–H groups in total. The highest BCUT2D eigenvalue weighted by Gasteiger charge is 2.23. The van der Waals surface area contributed by atoms with Crippen LogP contribution in [0.2, 0.25) is 10.2 Å². The second kappa shape index (κ2) is 5.93. The molecule has 100 valence electrons. The summed E-state index contributed by atoms with van der Waals surface area (Å²) in [5, 5.41) is 9.50. The van der Waals surface area contributed by atoms with E-state index in [9.17, 15) is 4.79 Å². The zero-order valence-corrected chi connectivity index (χ0v) is 11.3. The molecule has 1 aromatic rings. The van der Waals surface area contributed by atoms with Gasteiger partial charge in [0, 0.05) is 32.7 Å². The number of aliphatic hydroxyl groups is 1. The van der Waals surface area contributed by atoms with Crippen molar-refractivity contribution < 1.29 is 9.90 Å². The Morgan fingerprint density at radius 2 is 2.00 bits per heavy atom. The number of nitrogens with one attached hydrogen (secondary N) is 1. The highest BCUT2D eigenvalue weighted by Crippen LogP contribution is 2.22. The Morgan fingerprint density at radius 1 is 1.33 bits per heavy atom. The van der Waals surface area contributed by atoms with E-state index in [4.69, 9.17) is 28.3 Å². The van der Waals surface area contributed by atoms with Crippen LogP contribution in [0.3, 0.4) is 0 Å². The normalized spacial score (nSPS) is 17.2. The van der Waals surface area contributed by atoms with Gasteiger partial charge in [-0.1, -0.05) is 23.2 Å². The molecule has 18 heavy (non-hydrogen) atoms. The number of carbonyl (C=O) groups excluding carboxylic acids is 1. The van der Waals surface area contributed by atoms with Gasteiger partial charge in [0.2, 0.25) is 0 Å². The zero-order chi connectivity index (χ0) is 13.1. The van der Waals surface area contributed by atoms with E-state index < -0.39 is 0 Å². The van der Waals surface area contributed by atoms with Crippen LogP contribution in [0, 0.1) is 0 Å². The fourth-order valence-corrected chi connectivity index (χ4v) is 2.32. The lowest BCUT2D eigenvalue weighted by molar-refractivity contribution is 0.0610. The predicted molar refractivity (Wildman–Crippen MR) is 70.2 cm³/mol. The molecule has 1 amide bonds. The van der Waals surface area contributed by atoms with E-state index in [1.54, 1.807) is 11.0 Å². The van der Waals surface area contributed by atoms with Crippen LogP contribution in [0.5, 0.6) is 0 Å². The zero-order valence-electron chi connectivity index (χ0n) is 9.83. The van der Waals surface area contributed by atoms with Gasteiger partial charge in [0.05, 0.1) is 11.6 Å². The number of halogens is 2. The van der Waals surface area contributed by atoms with Crippen LogP contribution < -0.4 is 0 Å². The molecule has 1 fully saturated rings. The van der Waals surface area contributed by atoms with E-state index in [1.807, 2.05) is 0 Å². The van der Waals surface area contributed by atoms with Gasteiger partial charge in [-0.2, -0.15) is 0 Å². The molecule has 0 saturated carbocycles. The lowest BCUT2D eigenvalue weighted by Crippen LogP contribution is -2.49. The Balaban J connectivity index is 1.95. The number of hydrogen-bond donors (Lipinski definition) is 2.